The summed E-state index contributed by atoms with van der Waals surface area (Å²) in [5.41, 5.74) is 45.3. The normalized spacial score (nSPS) is 14.3. The van der Waals surface area contributed by atoms with Gasteiger partial charge in [-0.05, 0) is 68.6 Å². The number of guanidine groups is 2. The van der Waals surface area contributed by atoms with Crippen molar-refractivity contribution in [2.45, 2.75) is 121 Å². The van der Waals surface area contributed by atoms with Crippen LogP contribution in [0.2, 0.25) is 0 Å². The summed E-state index contributed by atoms with van der Waals surface area (Å²) >= 11 is 0. The van der Waals surface area contributed by atoms with Crippen molar-refractivity contribution in [3.63, 3.8) is 0 Å². The molecular formula is C39H70N16O8. The molecule has 0 bridgehead atoms. The molecule has 0 saturated heterocycles. The maximum Gasteiger partial charge on any atom is 0.244 e. The number of nitrogens with zero attached hydrogens (tertiary/aromatic N) is 2. The predicted molar refractivity (Wildman–Crippen MR) is 237 cm³/mol. The van der Waals surface area contributed by atoms with Gasteiger partial charge in [0, 0.05) is 32.6 Å². The minimum absolute atomic E-state index is 0.0210. The van der Waals surface area contributed by atoms with Crippen LogP contribution in [0, 0.1) is 5.92 Å². The van der Waals surface area contributed by atoms with Gasteiger partial charge in [-0.25, -0.2) is 0 Å². The highest BCUT2D eigenvalue weighted by molar-refractivity contribution is 5.97. The molecular weight excluding hydrogens is 821 g/mol. The second kappa shape index (κ2) is 29.1. The van der Waals surface area contributed by atoms with E-state index < -0.39 is 83.6 Å². The lowest BCUT2D eigenvalue weighted by Crippen LogP contribution is -2.61. The van der Waals surface area contributed by atoms with Gasteiger partial charge >= 0.3 is 0 Å². The Labute approximate surface area is 367 Å². The van der Waals surface area contributed by atoms with Gasteiger partial charge in [-0.2, -0.15) is 0 Å². The van der Waals surface area contributed by atoms with Crippen molar-refractivity contribution >= 4 is 53.3 Å². The van der Waals surface area contributed by atoms with E-state index in [1.807, 2.05) is 13.8 Å². The number of amides is 7. The lowest BCUT2D eigenvalue weighted by atomic mass is 10.0. The summed E-state index contributed by atoms with van der Waals surface area (Å²) in [5, 5.41) is 25.3. The van der Waals surface area contributed by atoms with E-state index in [2.05, 4.69) is 41.9 Å². The average molecular weight is 891 g/mol. The van der Waals surface area contributed by atoms with E-state index in [4.69, 9.17) is 45.9 Å². The zero-order chi connectivity index (χ0) is 47.6. The smallest absolute Gasteiger partial charge is 0.244 e. The average Bonchev–Trinajstić information content (AvgIpc) is 3.22. The van der Waals surface area contributed by atoms with Crippen molar-refractivity contribution in [2.24, 2.45) is 61.8 Å². The monoisotopic (exact) mass is 891 g/mol. The van der Waals surface area contributed by atoms with E-state index in [9.17, 15) is 38.7 Å². The number of phenolic OH excluding ortho intramolecular Hbond substituents is 1. The number of primary amides is 1. The molecule has 0 unspecified atom stereocenters. The maximum atomic E-state index is 14.0. The molecule has 7 atom stereocenters. The fourth-order valence-electron chi connectivity index (χ4n) is 5.95. The topological polar surface area (TPSA) is 445 Å². The van der Waals surface area contributed by atoms with Gasteiger partial charge in [0.05, 0.1) is 6.04 Å². The molecule has 0 radical (unpaired) electrons. The summed E-state index contributed by atoms with van der Waals surface area (Å²) in [5.74, 6) is -5.56. The molecule has 7 amide bonds. The van der Waals surface area contributed by atoms with Gasteiger partial charge in [0.2, 0.25) is 41.4 Å². The van der Waals surface area contributed by atoms with Crippen LogP contribution in [0.25, 0.3) is 0 Å². The van der Waals surface area contributed by atoms with E-state index in [1.165, 1.54) is 24.3 Å². The van der Waals surface area contributed by atoms with Crippen LogP contribution < -0.4 is 77.8 Å². The van der Waals surface area contributed by atoms with Gasteiger partial charge in [-0.1, -0.05) is 39.3 Å². The largest absolute Gasteiger partial charge is 0.508 e. The van der Waals surface area contributed by atoms with Gasteiger partial charge in [0.25, 0.3) is 0 Å². The highest BCUT2D eigenvalue weighted by Crippen LogP contribution is 2.13. The second-order valence-electron chi connectivity index (χ2n) is 15.4. The Morgan fingerprint density at radius 2 is 0.968 bits per heavy atom. The molecule has 0 heterocycles. The molecule has 0 aliphatic carbocycles. The maximum absolute atomic E-state index is 14.0. The van der Waals surface area contributed by atoms with Crippen LogP contribution in [0.1, 0.15) is 77.7 Å². The number of carbonyl (C=O) groups is 7. The number of rotatable bonds is 30. The minimum Gasteiger partial charge on any atom is -0.508 e. The summed E-state index contributed by atoms with van der Waals surface area (Å²) in [4.78, 5) is 101. The van der Waals surface area contributed by atoms with E-state index in [1.54, 1.807) is 6.92 Å². The number of nitrogens with one attached hydrogen (secondary N) is 6. The third kappa shape index (κ3) is 21.9. The Balaban J connectivity index is 3.33. The van der Waals surface area contributed by atoms with Crippen molar-refractivity contribution in [3.8, 4) is 5.75 Å². The molecule has 1 aromatic rings. The summed E-state index contributed by atoms with van der Waals surface area (Å²) < 4.78 is 0. The molecule has 0 aliphatic rings. The fourth-order valence-corrected chi connectivity index (χ4v) is 5.95. The summed E-state index contributed by atoms with van der Waals surface area (Å²) in [6.07, 6.45) is 1.93. The van der Waals surface area contributed by atoms with Crippen LogP contribution in [0.15, 0.2) is 34.3 Å². The molecule has 0 spiro atoms. The minimum atomic E-state index is -1.35. The van der Waals surface area contributed by atoms with Crippen molar-refractivity contribution < 1.29 is 38.7 Å². The van der Waals surface area contributed by atoms with Gasteiger partial charge < -0.3 is 82.9 Å². The Morgan fingerprint density at radius 1 is 0.556 bits per heavy atom. The van der Waals surface area contributed by atoms with Gasteiger partial charge in [0.15, 0.2) is 11.9 Å². The first kappa shape index (κ1) is 54.7. The Hall–Kier alpha value is -6.27. The number of hydrogen-bond acceptors (Lipinski definition) is 13. The van der Waals surface area contributed by atoms with E-state index in [-0.39, 0.29) is 88.3 Å². The van der Waals surface area contributed by atoms with Crippen LogP contribution in [0.4, 0.5) is 0 Å². The summed E-state index contributed by atoms with van der Waals surface area (Å²) in [6, 6.07) is -2.74. The Morgan fingerprint density at radius 3 is 1.43 bits per heavy atom. The molecule has 24 nitrogen and oxygen atoms in total. The molecule has 354 valence electrons. The predicted octanol–water partition coefficient (Wildman–Crippen LogP) is -5.08. The van der Waals surface area contributed by atoms with Crippen LogP contribution in [0.3, 0.4) is 0 Å². The molecule has 1 rings (SSSR count). The first-order valence-electron chi connectivity index (χ1n) is 20.9. The Bertz CT molecular complexity index is 1700. The molecule has 0 aliphatic heterocycles. The standard InChI is InChI=1S/C39H70N16O8/c1-4-7-26(51-34(60)27(9-6-17-49-39(46)47)52-37(63)29(19-40)54-32(58)24(42)8-5-16-48-38(44)45)33(59)53-28(18-22-11-13-23(56)14-12-22)35(61)55-30(20-41)36(62)50-25(31(43)57)15-10-21(2)3/h11-14,21,24-30,56H,4-10,15-20,40-42H2,1-3H3,(H2,43,57)(H,50,62)(H,51,60)(H,52,63)(H,53,59)(H,54,58)(H,55,61)(H4,44,45,48)(H4,46,47,49)/t24-,25-,26-,27-,28-,29-,30-/m0/s1. The summed E-state index contributed by atoms with van der Waals surface area (Å²) in [6.45, 7) is 5.23. The third-order valence-corrected chi connectivity index (χ3v) is 9.53. The number of hydrogen-bond donors (Lipinski definition) is 15. The zero-order valence-corrected chi connectivity index (χ0v) is 36.4. The lowest BCUT2D eigenvalue weighted by molar-refractivity contribution is -0.135. The second-order valence-corrected chi connectivity index (χ2v) is 15.4. The van der Waals surface area contributed by atoms with E-state index in [0.29, 0.717) is 24.8 Å². The van der Waals surface area contributed by atoms with Crippen molar-refractivity contribution in [3.05, 3.63) is 29.8 Å². The van der Waals surface area contributed by atoms with Gasteiger partial charge in [-0.3, -0.25) is 43.5 Å². The quantitative estimate of drug-likeness (QED) is 0.0195. The van der Waals surface area contributed by atoms with E-state index in [0.717, 1.165) is 0 Å². The molecule has 1 aromatic carbocycles. The van der Waals surface area contributed by atoms with E-state index >= 15 is 0 Å². The van der Waals surface area contributed by atoms with Gasteiger partial charge in [-0.15, -0.1) is 0 Å². The molecule has 24 heteroatoms. The molecule has 63 heavy (non-hydrogen) atoms. The lowest BCUT2D eigenvalue weighted by Gasteiger charge is -2.27. The van der Waals surface area contributed by atoms with Crippen molar-refractivity contribution in [1.29, 1.82) is 0 Å². The van der Waals surface area contributed by atoms with Crippen molar-refractivity contribution in [1.82, 2.24) is 31.9 Å². The number of nitrogens with two attached hydrogens (primary N) is 8. The third-order valence-electron chi connectivity index (χ3n) is 9.53. The highest BCUT2D eigenvalue weighted by atomic mass is 16.3. The number of benzene rings is 1. The number of aliphatic imine (C=N–C) groups is 2. The van der Waals surface area contributed by atoms with Crippen LogP contribution in [-0.4, -0.2) is 127 Å². The molecule has 0 fully saturated rings. The molecule has 0 aromatic heterocycles. The number of aromatic hydroxyl groups is 1. The fraction of sp³-hybridized carbons (Fsp3) is 0.615. The SMILES string of the molecule is CCC[C@H](NC(=O)[C@H](CCCN=C(N)N)NC(=O)[C@H](CN)NC(=O)[C@@H](N)CCCN=C(N)N)C(=O)N[C@@H](Cc1ccc(O)cc1)C(=O)N[C@@H](CN)C(=O)N[C@@H](CCC(C)C)C(N)=O. The van der Waals surface area contributed by atoms with Crippen LogP contribution in [0.5, 0.6) is 5.75 Å². The van der Waals surface area contributed by atoms with Crippen LogP contribution in [-0.2, 0) is 40.0 Å². The van der Waals surface area contributed by atoms with Crippen molar-refractivity contribution in [2.75, 3.05) is 26.2 Å². The zero-order valence-electron chi connectivity index (χ0n) is 36.4. The Kier molecular flexibility index (Phi) is 25.3. The number of phenols is 1. The first-order valence-corrected chi connectivity index (χ1v) is 20.9. The summed E-state index contributed by atoms with van der Waals surface area (Å²) in [7, 11) is 0. The van der Waals surface area contributed by atoms with Crippen LogP contribution >= 0.6 is 0 Å². The molecule has 0 saturated carbocycles. The molecule has 23 N–H and O–H groups in total. The highest BCUT2D eigenvalue weighted by Gasteiger charge is 2.33. The van der Waals surface area contributed by atoms with Gasteiger partial charge in [0.1, 0.15) is 42.0 Å². The first-order chi connectivity index (χ1) is 29.7. The number of carbonyl (C=O) groups excluding carboxylic acids is 7.